The molecule has 1 saturated heterocycles. The molecule has 3 heterocycles. The molecule has 27 heavy (non-hydrogen) atoms. The molecular weight excluding hydrogens is 344 g/mol. The minimum Gasteiger partial charge on any atom is -0.353 e. The van der Waals surface area contributed by atoms with Crippen LogP contribution in [-0.4, -0.2) is 61.8 Å². The van der Waals surface area contributed by atoms with Crippen LogP contribution >= 0.6 is 0 Å². The summed E-state index contributed by atoms with van der Waals surface area (Å²) in [5, 5.41) is 7.06. The van der Waals surface area contributed by atoms with Gasteiger partial charge < -0.3 is 15.1 Å². The summed E-state index contributed by atoms with van der Waals surface area (Å²) in [6, 6.07) is 11.7. The first-order chi connectivity index (χ1) is 13.3. The molecule has 2 aromatic heterocycles. The van der Waals surface area contributed by atoms with Crippen molar-refractivity contribution >= 4 is 11.8 Å². The van der Waals surface area contributed by atoms with Gasteiger partial charge in [0.25, 0.3) is 0 Å². The second kappa shape index (κ2) is 7.81. The lowest BCUT2D eigenvalue weighted by Gasteiger charge is -2.35. The zero-order chi connectivity index (χ0) is 18.5. The maximum absolute atomic E-state index is 12.4. The van der Waals surface area contributed by atoms with Gasteiger partial charge in [0.15, 0.2) is 5.82 Å². The summed E-state index contributed by atoms with van der Waals surface area (Å²) >= 11 is 0. The van der Waals surface area contributed by atoms with E-state index >= 15 is 0 Å². The van der Waals surface area contributed by atoms with Crippen LogP contribution in [0.5, 0.6) is 0 Å². The quantitative estimate of drug-likeness (QED) is 0.745. The fourth-order valence-corrected chi connectivity index (χ4v) is 2.99. The molecule has 0 aliphatic carbocycles. The molecule has 1 aromatic carbocycles. The summed E-state index contributed by atoms with van der Waals surface area (Å²) in [6.45, 7) is 3.25. The number of benzene rings is 1. The summed E-state index contributed by atoms with van der Waals surface area (Å²) in [6.07, 6.45) is 4.58. The molecule has 0 atom stereocenters. The highest BCUT2D eigenvalue weighted by Crippen LogP contribution is 2.15. The van der Waals surface area contributed by atoms with E-state index in [0.29, 0.717) is 38.5 Å². The SMILES string of the molecule is O=C(NCc1ccccc1)N1CCN(c2cc(-n3cncn3)ncn2)CC1. The van der Waals surface area contributed by atoms with Crippen LogP contribution in [0.4, 0.5) is 10.6 Å². The lowest BCUT2D eigenvalue weighted by atomic mass is 10.2. The molecule has 0 saturated carbocycles. The van der Waals surface area contributed by atoms with Crippen molar-refractivity contribution in [2.24, 2.45) is 0 Å². The molecule has 2 amide bonds. The molecule has 1 fully saturated rings. The van der Waals surface area contributed by atoms with Crippen LogP contribution < -0.4 is 10.2 Å². The van der Waals surface area contributed by atoms with E-state index in [4.69, 9.17) is 0 Å². The van der Waals surface area contributed by atoms with E-state index in [0.717, 1.165) is 11.4 Å². The van der Waals surface area contributed by atoms with Crippen molar-refractivity contribution in [2.45, 2.75) is 6.54 Å². The van der Waals surface area contributed by atoms with Crippen LogP contribution in [0.25, 0.3) is 5.82 Å². The molecular formula is C18H20N8O. The van der Waals surface area contributed by atoms with E-state index in [2.05, 4.69) is 30.3 Å². The third-order valence-electron chi connectivity index (χ3n) is 4.47. The van der Waals surface area contributed by atoms with Crippen molar-refractivity contribution in [1.29, 1.82) is 0 Å². The number of hydrogen-bond acceptors (Lipinski definition) is 6. The molecule has 0 unspecified atom stereocenters. The first-order valence-electron chi connectivity index (χ1n) is 8.78. The van der Waals surface area contributed by atoms with E-state index < -0.39 is 0 Å². The van der Waals surface area contributed by atoms with Crippen LogP contribution in [0, 0.1) is 0 Å². The van der Waals surface area contributed by atoms with Gasteiger partial charge in [-0.3, -0.25) is 0 Å². The van der Waals surface area contributed by atoms with Crippen LogP contribution in [0.2, 0.25) is 0 Å². The Morgan fingerprint density at radius 1 is 1.00 bits per heavy atom. The second-order valence-corrected chi connectivity index (χ2v) is 6.19. The number of carbonyl (C=O) groups excluding carboxylic acids is 1. The predicted molar refractivity (Wildman–Crippen MR) is 99.4 cm³/mol. The number of rotatable bonds is 4. The second-order valence-electron chi connectivity index (χ2n) is 6.19. The van der Waals surface area contributed by atoms with Crippen LogP contribution in [-0.2, 0) is 6.54 Å². The van der Waals surface area contributed by atoms with Gasteiger partial charge in [-0.05, 0) is 5.56 Å². The van der Waals surface area contributed by atoms with Gasteiger partial charge in [-0.2, -0.15) is 5.10 Å². The third-order valence-corrected chi connectivity index (χ3v) is 4.47. The van der Waals surface area contributed by atoms with Gasteiger partial charge in [0.1, 0.15) is 24.8 Å². The first-order valence-corrected chi connectivity index (χ1v) is 8.78. The number of urea groups is 1. The number of nitrogens with zero attached hydrogens (tertiary/aromatic N) is 7. The highest BCUT2D eigenvalue weighted by atomic mass is 16.2. The average Bonchev–Trinajstić information content (AvgIpc) is 3.28. The maximum atomic E-state index is 12.4. The Morgan fingerprint density at radius 2 is 1.78 bits per heavy atom. The summed E-state index contributed by atoms with van der Waals surface area (Å²) in [5.41, 5.74) is 1.09. The molecule has 4 rings (SSSR count). The van der Waals surface area contributed by atoms with Gasteiger partial charge in [-0.1, -0.05) is 30.3 Å². The Bertz CT molecular complexity index is 875. The Labute approximate surface area is 156 Å². The van der Waals surface area contributed by atoms with Crippen molar-refractivity contribution in [3.63, 3.8) is 0 Å². The zero-order valence-electron chi connectivity index (χ0n) is 14.8. The number of anilines is 1. The van der Waals surface area contributed by atoms with E-state index in [-0.39, 0.29) is 6.03 Å². The summed E-state index contributed by atoms with van der Waals surface area (Å²) in [7, 11) is 0. The van der Waals surface area contributed by atoms with Crippen molar-refractivity contribution in [2.75, 3.05) is 31.1 Å². The average molecular weight is 364 g/mol. The van der Waals surface area contributed by atoms with Crippen molar-refractivity contribution in [1.82, 2.24) is 34.9 Å². The highest BCUT2D eigenvalue weighted by molar-refractivity contribution is 5.74. The highest BCUT2D eigenvalue weighted by Gasteiger charge is 2.22. The normalized spacial score (nSPS) is 14.2. The molecule has 0 bridgehead atoms. The van der Waals surface area contributed by atoms with E-state index in [9.17, 15) is 4.79 Å². The number of amides is 2. The van der Waals surface area contributed by atoms with Crippen molar-refractivity contribution < 1.29 is 4.79 Å². The zero-order valence-corrected chi connectivity index (χ0v) is 14.8. The molecule has 0 radical (unpaired) electrons. The topological polar surface area (TPSA) is 92.1 Å². The maximum Gasteiger partial charge on any atom is 0.317 e. The lowest BCUT2D eigenvalue weighted by molar-refractivity contribution is 0.194. The van der Waals surface area contributed by atoms with Crippen molar-refractivity contribution in [3.05, 3.63) is 60.9 Å². The molecule has 138 valence electrons. The summed E-state index contributed by atoms with van der Waals surface area (Å²) < 4.78 is 1.60. The number of aromatic nitrogens is 5. The van der Waals surface area contributed by atoms with Gasteiger partial charge in [-0.25, -0.2) is 24.4 Å². The Balaban J connectivity index is 1.32. The van der Waals surface area contributed by atoms with E-state index in [1.807, 2.05) is 41.3 Å². The van der Waals surface area contributed by atoms with E-state index in [1.54, 1.807) is 11.0 Å². The van der Waals surface area contributed by atoms with Crippen LogP contribution in [0.15, 0.2) is 55.4 Å². The predicted octanol–water partition coefficient (Wildman–Crippen LogP) is 1.09. The summed E-state index contributed by atoms with van der Waals surface area (Å²) in [4.78, 5) is 28.9. The number of carbonyl (C=O) groups is 1. The first kappa shape index (κ1) is 17.0. The Morgan fingerprint density at radius 3 is 2.52 bits per heavy atom. The number of hydrogen-bond donors (Lipinski definition) is 1. The van der Waals surface area contributed by atoms with Gasteiger partial charge in [0.05, 0.1) is 0 Å². The molecule has 1 aliphatic rings. The smallest absolute Gasteiger partial charge is 0.317 e. The molecule has 9 heteroatoms. The minimum atomic E-state index is -0.0375. The number of nitrogens with one attached hydrogen (secondary N) is 1. The van der Waals surface area contributed by atoms with Gasteiger partial charge in [-0.15, -0.1) is 0 Å². The van der Waals surface area contributed by atoms with Gasteiger partial charge in [0, 0.05) is 38.8 Å². The number of piperazine rings is 1. The minimum absolute atomic E-state index is 0.0375. The Hall–Kier alpha value is -3.49. The van der Waals surface area contributed by atoms with Crippen LogP contribution in [0.3, 0.4) is 0 Å². The molecule has 1 N–H and O–H groups in total. The standard InChI is InChI=1S/C18H20N8O/c27-18(20-11-15-4-2-1-3-5-15)25-8-6-24(7-9-25)16-10-17(22-13-21-16)26-14-19-12-23-26/h1-5,10,12-14H,6-9,11H2,(H,20,27). The fourth-order valence-electron chi connectivity index (χ4n) is 2.99. The van der Waals surface area contributed by atoms with Gasteiger partial charge >= 0.3 is 6.03 Å². The lowest BCUT2D eigenvalue weighted by Crippen LogP contribution is -2.51. The van der Waals surface area contributed by atoms with Gasteiger partial charge in [0.2, 0.25) is 0 Å². The summed E-state index contributed by atoms with van der Waals surface area (Å²) in [5.74, 6) is 1.49. The van der Waals surface area contributed by atoms with Crippen LogP contribution in [0.1, 0.15) is 5.56 Å². The third kappa shape index (κ3) is 4.02. The molecule has 1 aliphatic heterocycles. The largest absolute Gasteiger partial charge is 0.353 e. The van der Waals surface area contributed by atoms with E-state index in [1.165, 1.54) is 12.7 Å². The fraction of sp³-hybridized carbons (Fsp3) is 0.278. The molecule has 3 aromatic rings. The Kier molecular flexibility index (Phi) is 4.91. The monoisotopic (exact) mass is 364 g/mol. The van der Waals surface area contributed by atoms with Crippen molar-refractivity contribution in [3.8, 4) is 5.82 Å². The molecule has 0 spiro atoms. The molecule has 9 nitrogen and oxygen atoms in total.